The molecule has 0 aliphatic carbocycles. The number of allylic oxidation sites excluding steroid dienone is 8. The lowest BCUT2D eigenvalue weighted by Gasteiger charge is -2.02. The number of aromatic nitrogens is 1. The van der Waals surface area contributed by atoms with Crippen LogP contribution in [0.1, 0.15) is 59.9 Å². The normalized spacial score (nSPS) is 12.6. The van der Waals surface area contributed by atoms with Crippen LogP contribution in [0.5, 0.6) is 0 Å². The van der Waals surface area contributed by atoms with Gasteiger partial charge in [0.1, 0.15) is 5.01 Å². The first-order valence-electron chi connectivity index (χ1n) is 8.94. The topological polar surface area (TPSA) is 12.9 Å². The predicted octanol–water partition coefficient (Wildman–Crippen LogP) is 6.44. The Kier molecular flexibility index (Phi) is 15.8. The van der Waals surface area contributed by atoms with Crippen LogP contribution in [0.25, 0.3) is 18.2 Å². The Bertz CT molecular complexity index is 712. The molecular weight excluding hydrogens is 322 g/mol. The molecule has 0 bridgehead atoms. The van der Waals surface area contributed by atoms with Crippen LogP contribution >= 0.6 is 11.3 Å². The Labute approximate surface area is 159 Å². The maximum Gasteiger partial charge on any atom is 0.124 e. The largest absolute Gasteiger partial charge is 0.236 e. The van der Waals surface area contributed by atoms with Crippen molar-refractivity contribution in [2.75, 3.05) is 0 Å². The van der Waals surface area contributed by atoms with Crippen molar-refractivity contribution < 1.29 is 0 Å². The SMILES string of the molecule is C=C/C=C(C)\C(=C/C=C)c1n/c(=C/C/C(C)=C\C)c(=C)s1.CC.CC. The Hall–Kier alpha value is -1.93. The molecule has 25 heavy (non-hydrogen) atoms. The fraction of sp³-hybridized carbons (Fsp3) is 0.348. The van der Waals surface area contributed by atoms with E-state index >= 15 is 0 Å². The Morgan fingerprint density at radius 1 is 1.04 bits per heavy atom. The zero-order valence-electron chi connectivity index (χ0n) is 17.1. The average Bonchev–Trinajstić information content (AvgIpc) is 3.01. The van der Waals surface area contributed by atoms with E-state index in [0.717, 1.165) is 32.5 Å². The van der Waals surface area contributed by atoms with Crippen molar-refractivity contribution in [1.29, 1.82) is 0 Å². The fourth-order valence-electron chi connectivity index (χ4n) is 1.77. The van der Waals surface area contributed by atoms with Gasteiger partial charge in [0.15, 0.2) is 0 Å². The van der Waals surface area contributed by atoms with Gasteiger partial charge in [-0.15, -0.1) is 11.3 Å². The van der Waals surface area contributed by atoms with Gasteiger partial charge in [-0.2, -0.15) is 0 Å². The average molecular weight is 358 g/mol. The number of thiazole rings is 1. The van der Waals surface area contributed by atoms with E-state index in [1.807, 2.05) is 39.8 Å². The van der Waals surface area contributed by atoms with Crippen LogP contribution in [0.3, 0.4) is 0 Å². The molecule has 0 N–H and O–H groups in total. The van der Waals surface area contributed by atoms with Gasteiger partial charge in [0.2, 0.25) is 0 Å². The van der Waals surface area contributed by atoms with E-state index in [0.29, 0.717) is 0 Å². The first-order chi connectivity index (χ1) is 12.0. The number of nitrogens with zero attached hydrogens (tertiary/aromatic N) is 1. The van der Waals surface area contributed by atoms with Crippen molar-refractivity contribution in [2.24, 2.45) is 0 Å². The van der Waals surface area contributed by atoms with Crippen LogP contribution in [0.2, 0.25) is 0 Å². The van der Waals surface area contributed by atoms with Crippen LogP contribution in [0, 0.1) is 0 Å². The van der Waals surface area contributed by atoms with Crippen LogP contribution in [0.15, 0.2) is 54.7 Å². The quantitative estimate of drug-likeness (QED) is 0.421. The number of hydrogen-bond donors (Lipinski definition) is 0. The minimum absolute atomic E-state index is 0.907. The van der Waals surface area contributed by atoms with E-state index in [1.54, 1.807) is 23.5 Å². The molecular formula is C23H35NS. The monoisotopic (exact) mass is 357 g/mol. The van der Waals surface area contributed by atoms with Crippen LogP contribution in [0.4, 0.5) is 0 Å². The lowest BCUT2D eigenvalue weighted by molar-refractivity contribution is 1.20. The highest BCUT2D eigenvalue weighted by Gasteiger charge is 2.07. The van der Waals surface area contributed by atoms with Crippen molar-refractivity contribution in [3.05, 3.63) is 69.6 Å². The van der Waals surface area contributed by atoms with E-state index in [9.17, 15) is 0 Å². The van der Waals surface area contributed by atoms with Crippen LogP contribution in [-0.2, 0) is 0 Å². The van der Waals surface area contributed by atoms with E-state index in [2.05, 4.69) is 52.7 Å². The molecule has 138 valence electrons. The molecule has 0 saturated heterocycles. The van der Waals surface area contributed by atoms with Gasteiger partial charge in [-0.05, 0) is 32.8 Å². The maximum atomic E-state index is 4.72. The summed E-state index contributed by atoms with van der Waals surface area (Å²) in [6.07, 6.45) is 12.7. The van der Waals surface area contributed by atoms with Crippen molar-refractivity contribution in [1.82, 2.24) is 4.98 Å². The molecule has 1 rings (SSSR count). The fourth-order valence-corrected chi connectivity index (χ4v) is 2.72. The molecule has 1 heterocycles. The molecule has 1 aromatic heterocycles. The highest BCUT2D eigenvalue weighted by atomic mass is 32.1. The summed E-state index contributed by atoms with van der Waals surface area (Å²) in [5.41, 5.74) is 3.52. The summed E-state index contributed by atoms with van der Waals surface area (Å²) in [5.74, 6) is 0. The van der Waals surface area contributed by atoms with Crippen molar-refractivity contribution in [3.63, 3.8) is 0 Å². The van der Waals surface area contributed by atoms with Gasteiger partial charge in [0.05, 0.1) is 5.35 Å². The standard InChI is InChI=1S/C19H23NS.2C2H6/c1-7-10-15(5)17(11-8-2)19-20-18(16(6)21-19)13-12-14(4)9-3;2*1-2/h7-11,13H,1-2,6,12H2,3-5H3;2*1-2H3/b14-9-,15-10-,17-11+,18-13+;;. The zero-order chi connectivity index (χ0) is 19.8. The third-order valence-corrected chi connectivity index (χ3v) is 4.11. The first-order valence-corrected chi connectivity index (χ1v) is 9.75. The minimum Gasteiger partial charge on any atom is -0.236 e. The van der Waals surface area contributed by atoms with Crippen molar-refractivity contribution in [3.8, 4) is 0 Å². The molecule has 0 aliphatic rings. The molecule has 0 unspecified atom stereocenters. The third-order valence-electron chi connectivity index (χ3n) is 3.15. The Morgan fingerprint density at radius 3 is 2.08 bits per heavy atom. The Morgan fingerprint density at radius 2 is 1.60 bits per heavy atom. The smallest absolute Gasteiger partial charge is 0.124 e. The summed E-state index contributed by atoms with van der Waals surface area (Å²) in [6.45, 7) is 25.9. The van der Waals surface area contributed by atoms with Gasteiger partial charge in [0, 0.05) is 10.1 Å². The Balaban J connectivity index is 0. The van der Waals surface area contributed by atoms with Gasteiger partial charge in [-0.3, -0.25) is 0 Å². The molecule has 1 aromatic rings. The zero-order valence-corrected chi connectivity index (χ0v) is 18.0. The van der Waals surface area contributed by atoms with E-state index < -0.39 is 0 Å². The van der Waals surface area contributed by atoms with Crippen molar-refractivity contribution in [2.45, 2.75) is 54.9 Å². The second-order valence-electron chi connectivity index (χ2n) is 4.77. The molecule has 1 nitrogen and oxygen atoms in total. The van der Waals surface area contributed by atoms with Gasteiger partial charge in [0.25, 0.3) is 0 Å². The van der Waals surface area contributed by atoms with Crippen LogP contribution in [-0.4, -0.2) is 4.98 Å². The second kappa shape index (κ2) is 15.6. The van der Waals surface area contributed by atoms with E-state index in [-0.39, 0.29) is 0 Å². The van der Waals surface area contributed by atoms with Gasteiger partial charge in [-0.25, -0.2) is 4.98 Å². The lowest BCUT2D eigenvalue weighted by atomic mass is 10.1. The summed E-state index contributed by atoms with van der Waals surface area (Å²) >= 11 is 1.61. The maximum absolute atomic E-state index is 4.72. The molecule has 0 aromatic carbocycles. The lowest BCUT2D eigenvalue weighted by Crippen LogP contribution is -2.18. The molecule has 0 amide bonds. The molecule has 0 aliphatic heterocycles. The van der Waals surface area contributed by atoms with E-state index in [1.165, 1.54) is 5.57 Å². The molecule has 0 saturated carbocycles. The van der Waals surface area contributed by atoms with Crippen LogP contribution < -0.4 is 9.88 Å². The minimum atomic E-state index is 0.907. The highest BCUT2D eigenvalue weighted by Crippen LogP contribution is 2.22. The summed E-state index contributed by atoms with van der Waals surface area (Å²) in [4.78, 5) is 4.72. The number of hydrogen-bond acceptors (Lipinski definition) is 2. The molecule has 0 spiro atoms. The third kappa shape index (κ3) is 9.21. The highest BCUT2D eigenvalue weighted by molar-refractivity contribution is 7.10. The molecule has 2 heteroatoms. The van der Waals surface area contributed by atoms with Crippen molar-refractivity contribution >= 4 is 29.6 Å². The molecule has 0 radical (unpaired) electrons. The first kappa shape index (κ1) is 25.3. The molecule has 0 atom stereocenters. The van der Waals surface area contributed by atoms with E-state index in [4.69, 9.17) is 4.98 Å². The number of rotatable bonds is 6. The summed E-state index contributed by atoms with van der Waals surface area (Å²) in [5, 5.41) is 1.94. The van der Waals surface area contributed by atoms with Gasteiger partial charge < -0.3 is 0 Å². The molecule has 0 fully saturated rings. The summed E-state index contributed by atoms with van der Waals surface area (Å²) in [6, 6.07) is 0. The second-order valence-corrected chi connectivity index (χ2v) is 5.86. The summed E-state index contributed by atoms with van der Waals surface area (Å²) < 4.78 is 0.996. The summed E-state index contributed by atoms with van der Waals surface area (Å²) in [7, 11) is 0. The van der Waals surface area contributed by atoms with Gasteiger partial charge >= 0.3 is 0 Å². The van der Waals surface area contributed by atoms with Gasteiger partial charge in [-0.1, -0.05) is 89.5 Å². The predicted molar refractivity (Wildman–Crippen MR) is 120 cm³/mol.